The van der Waals surface area contributed by atoms with Crippen molar-refractivity contribution in [3.8, 4) is 0 Å². The zero-order valence-electron chi connectivity index (χ0n) is 17.3. The molecule has 1 fully saturated rings. The fourth-order valence-electron chi connectivity index (χ4n) is 3.55. The van der Waals surface area contributed by atoms with Crippen LogP contribution in [0.5, 0.6) is 0 Å². The van der Waals surface area contributed by atoms with Crippen LogP contribution in [0, 0.1) is 5.92 Å². The Morgan fingerprint density at radius 3 is 2.40 bits per heavy atom. The van der Waals surface area contributed by atoms with Crippen LogP contribution in [0.15, 0.2) is 30.3 Å². The van der Waals surface area contributed by atoms with E-state index < -0.39 is 41.8 Å². The van der Waals surface area contributed by atoms with Crippen LogP contribution in [0.25, 0.3) is 0 Å². The highest BCUT2D eigenvalue weighted by Gasteiger charge is 2.39. The highest BCUT2D eigenvalue weighted by atomic mass is 16.4. The van der Waals surface area contributed by atoms with Gasteiger partial charge in [-0.25, -0.2) is 4.79 Å². The predicted octanol–water partition coefficient (Wildman–Crippen LogP) is -0.111. The summed E-state index contributed by atoms with van der Waals surface area (Å²) in [5, 5.41) is 14.7. The van der Waals surface area contributed by atoms with Crippen LogP contribution < -0.4 is 16.4 Å². The molecule has 3 unspecified atom stereocenters. The Bertz CT molecular complexity index is 768. The molecule has 1 aliphatic heterocycles. The van der Waals surface area contributed by atoms with Gasteiger partial charge in [0.05, 0.1) is 6.54 Å². The Balaban J connectivity index is 2.17. The van der Waals surface area contributed by atoms with Gasteiger partial charge in [0.25, 0.3) is 0 Å². The lowest BCUT2D eigenvalue weighted by Gasteiger charge is -2.30. The number of carboxylic acids is 1. The molecule has 9 nitrogen and oxygen atoms in total. The number of benzene rings is 1. The van der Waals surface area contributed by atoms with E-state index in [2.05, 4.69) is 10.6 Å². The molecule has 1 aliphatic rings. The first kappa shape index (κ1) is 23.3. The van der Waals surface area contributed by atoms with Crippen molar-refractivity contribution in [1.29, 1.82) is 0 Å². The average molecular weight is 418 g/mol. The summed E-state index contributed by atoms with van der Waals surface area (Å²) < 4.78 is 0. The number of aliphatic carboxylic acids is 1. The maximum Gasteiger partial charge on any atom is 0.326 e. The van der Waals surface area contributed by atoms with E-state index in [1.807, 2.05) is 30.3 Å². The van der Waals surface area contributed by atoms with Crippen molar-refractivity contribution in [2.45, 2.75) is 51.2 Å². The lowest BCUT2D eigenvalue weighted by atomic mass is 10.00. The molecule has 164 valence electrons. The Hall–Kier alpha value is -2.94. The van der Waals surface area contributed by atoms with E-state index in [-0.39, 0.29) is 18.9 Å². The summed E-state index contributed by atoms with van der Waals surface area (Å²) in [5.74, 6) is -2.74. The van der Waals surface area contributed by atoms with E-state index in [4.69, 9.17) is 5.73 Å². The van der Waals surface area contributed by atoms with Gasteiger partial charge >= 0.3 is 5.97 Å². The van der Waals surface area contributed by atoms with Gasteiger partial charge in [-0.1, -0.05) is 44.2 Å². The summed E-state index contributed by atoms with van der Waals surface area (Å²) in [4.78, 5) is 50.6. The molecule has 0 saturated carbocycles. The minimum absolute atomic E-state index is 0.235. The summed E-state index contributed by atoms with van der Waals surface area (Å²) >= 11 is 0. The molecule has 0 bridgehead atoms. The maximum atomic E-state index is 13.0. The molecule has 2 rings (SSSR count). The molecule has 1 aromatic rings. The van der Waals surface area contributed by atoms with E-state index in [1.165, 1.54) is 4.90 Å². The molecule has 0 radical (unpaired) electrons. The summed E-state index contributed by atoms with van der Waals surface area (Å²) in [6, 6.07) is 6.48. The highest BCUT2D eigenvalue weighted by molar-refractivity contribution is 5.94. The molecule has 1 heterocycles. The SMILES string of the molecule is CC(C)C(NC(=O)C(Cc1ccccc1)NC(=O)CN)C(=O)N1CCCC1C(=O)O. The van der Waals surface area contributed by atoms with Crippen molar-refractivity contribution < 1.29 is 24.3 Å². The Labute approximate surface area is 176 Å². The zero-order valence-corrected chi connectivity index (χ0v) is 17.3. The summed E-state index contributed by atoms with van der Waals surface area (Å²) in [7, 11) is 0. The fraction of sp³-hybridized carbons (Fsp3) is 0.524. The minimum Gasteiger partial charge on any atom is -0.480 e. The number of amides is 3. The molecule has 3 atom stereocenters. The van der Waals surface area contributed by atoms with Crippen molar-refractivity contribution in [3.63, 3.8) is 0 Å². The van der Waals surface area contributed by atoms with Gasteiger partial charge in [-0.3, -0.25) is 14.4 Å². The molecule has 5 N–H and O–H groups in total. The van der Waals surface area contributed by atoms with Crippen LogP contribution in [0.4, 0.5) is 0 Å². The lowest BCUT2D eigenvalue weighted by Crippen LogP contribution is -2.58. The van der Waals surface area contributed by atoms with Crippen LogP contribution >= 0.6 is 0 Å². The summed E-state index contributed by atoms with van der Waals surface area (Å²) in [5.41, 5.74) is 6.22. The first-order valence-corrected chi connectivity index (χ1v) is 10.1. The van der Waals surface area contributed by atoms with Crippen LogP contribution in [-0.4, -0.2) is 64.9 Å². The molecular formula is C21H30N4O5. The highest BCUT2D eigenvalue weighted by Crippen LogP contribution is 2.20. The monoisotopic (exact) mass is 418 g/mol. The van der Waals surface area contributed by atoms with Gasteiger partial charge in [-0.2, -0.15) is 0 Å². The van der Waals surface area contributed by atoms with Crippen molar-refractivity contribution >= 4 is 23.7 Å². The third-order valence-electron chi connectivity index (χ3n) is 5.17. The normalized spacial score (nSPS) is 18.0. The van der Waals surface area contributed by atoms with Gasteiger partial charge < -0.3 is 26.4 Å². The molecule has 1 aromatic carbocycles. The van der Waals surface area contributed by atoms with Gasteiger partial charge in [-0.05, 0) is 24.3 Å². The first-order chi connectivity index (χ1) is 14.2. The van der Waals surface area contributed by atoms with Crippen molar-refractivity contribution in [3.05, 3.63) is 35.9 Å². The largest absolute Gasteiger partial charge is 0.480 e. The maximum absolute atomic E-state index is 13.0. The average Bonchev–Trinajstić information content (AvgIpc) is 3.21. The number of carbonyl (C=O) groups excluding carboxylic acids is 3. The molecule has 9 heteroatoms. The topological polar surface area (TPSA) is 142 Å². The number of nitrogens with one attached hydrogen (secondary N) is 2. The molecule has 0 aromatic heterocycles. The number of nitrogens with zero attached hydrogens (tertiary/aromatic N) is 1. The molecule has 1 saturated heterocycles. The number of rotatable bonds is 9. The van der Waals surface area contributed by atoms with Crippen molar-refractivity contribution in [2.75, 3.05) is 13.1 Å². The van der Waals surface area contributed by atoms with Gasteiger partial charge in [0, 0.05) is 13.0 Å². The van der Waals surface area contributed by atoms with Crippen LogP contribution in [-0.2, 0) is 25.6 Å². The van der Waals surface area contributed by atoms with E-state index in [9.17, 15) is 24.3 Å². The van der Waals surface area contributed by atoms with Gasteiger partial charge in [0.15, 0.2) is 0 Å². The molecular weight excluding hydrogens is 388 g/mol. The number of carbonyl (C=O) groups is 4. The molecule has 30 heavy (non-hydrogen) atoms. The summed E-state index contributed by atoms with van der Waals surface area (Å²) in [6.07, 6.45) is 1.23. The molecule has 3 amide bonds. The first-order valence-electron chi connectivity index (χ1n) is 10.1. The second-order valence-corrected chi connectivity index (χ2v) is 7.77. The van der Waals surface area contributed by atoms with Crippen LogP contribution in [0.3, 0.4) is 0 Å². The van der Waals surface area contributed by atoms with E-state index in [1.54, 1.807) is 13.8 Å². The van der Waals surface area contributed by atoms with Crippen molar-refractivity contribution in [1.82, 2.24) is 15.5 Å². The van der Waals surface area contributed by atoms with E-state index in [0.717, 1.165) is 5.56 Å². The number of carboxylic acid groups (broad SMARTS) is 1. The van der Waals surface area contributed by atoms with Gasteiger partial charge in [-0.15, -0.1) is 0 Å². The van der Waals surface area contributed by atoms with Crippen LogP contribution in [0.2, 0.25) is 0 Å². The quantitative estimate of drug-likeness (QED) is 0.441. The fourth-order valence-corrected chi connectivity index (χ4v) is 3.55. The number of likely N-dealkylation sites (tertiary alicyclic amines) is 1. The predicted molar refractivity (Wildman–Crippen MR) is 110 cm³/mol. The number of hydrogen-bond donors (Lipinski definition) is 4. The second-order valence-electron chi connectivity index (χ2n) is 7.77. The second kappa shape index (κ2) is 10.7. The smallest absolute Gasteiger partial charge is 0.326 e. The van der Waals surface area contributed by atoms with E-state index in [0.29, 0.717) is 19.4 Å². The third-order valence-corrected chi connectivity index (χ3v) is 5.17. The van der Waals surface area contributed by atoms with Gasteiger partial charge in [0.1, 0.15) is 18.1 Å². The third kappa shape index (κ3) is 6.03. The zero-order chi connectivity index (χ0) is 22.3. The number of nitrogens with two attached hydrogens (primary N) is 1. The number of hydrogen-bond acceptors (Lipinski definition) is 5. The van der Waals surface area contributed by atoms with Gasteiger partial charge in [0.2, 0.25) is 17.7 Å². The Morgan fingerprint density at radius 1 is 1.17 bits per heavy atom. The molecule has 0 spiro atoms. The van der Waals surface area contributed by atoms with Crippen molar-refractivity contribution in [2.24, 2.45) is 11.7 Å². The standard InChI is InChI=1S/C21H30N4O5/c1-13(2)18(20(28)25-10-6-9-16(25)21(29)30)24-19(27)15(23-17(26)12-22)11-14-7-4-3-5-8-14/h3-5,7-8,13,15-16,18H,6,9-12,22H2,1-2H3,(H,23,26)(H,24,27)(H,29,30). The minimum atomic E-state index is -1.05. The van der Waals surface area contributed by atoms with E-state index >= 15 is 0 Å². The molecule has 0 aliphatic carbocycles. The van der Waals surface area contributed by atoms with Crippen LogP contribution in [0.1, 0.15) is 32.3 Å². The Morgan fingerprint density at radius 2 is 1.83 bits per heavy atom. The summed E-state index contributed by atoms with van der Waals surface area (Å²) in [6.45, 7) is 3.63. The Kier molecular flexibility index (Phi) is 8.35. The lowest BCUT2D eigenvalue weighted by molar-refractivity contribution is -0.150.